The van der Waals surface area contributed by atoms with E-state index in [4.69, 9.17) is 0 Å². The number of amides is 1. The Morgan fingerprint density at radius 1 is 1.05 bits per heavy atom. The zero-order valence-electron chi connectivity index (χ0n) is 9.35. The molecule has 0 aliphatic rings. The molecule has 0 atom stereocenters. The van der Waals surface area contributed by atoms with E-state index in [1.54, 1.807) is 0 Å². The van der Waals surface area contributed by atoms with Crippen LogP contribution in [0.5, 0.6) is 0 Å². The smallest absolute Gasteiger partial charge is 0.321 e. The maximum atomic E-state index is 12.6. The first-order chi connectivity index (χ1) is 9.04. The van der Waals surface area contributed by atoms with Crippen LogP contribution in [-0.4, -0.2) is 23.8 Å². The lowest BCUT2D eigenvalue weighted by molar-refractivity contribution is -0.267. The highest BCUT2D eigenvalue weighted by Crippen LogP contribution is 2.36. The molecule has 0 fully saturated rings. The first kappa shape index (κ1) is 16.6. The summed E-state index contributed by atoms with van der Waals surface area (Å²) in [4.78, 5) is 10.9. The number of hydrogen-bond acceptors (Lipinski definition) is 2. The van der Waals surface area contributed by atoms with Crippen molar-refractivity contribution in [3.63, 3.8) is 0 Å². The number of nitrogens with one attached hydrogen (secondary N) is 1. The number of hydrogen-bond donors (Lipinski definition) is 1. The third-order valence-corrected chi connectivity index (χ3v) is 2.70. The third kappa shape index (κ3) is 4.02. The predicted octanol–water partition coefficient (Wildman–Crippen LogP) is 4.14. The van der Waals surface area contributed by atoms with E-state index < -0.39 is 23.8 Å². The summed E-state index contributed by atoms with van der Waals surface area (Å²) in [6.07, 6.45) is -6.01. The maximum absolute atomic E-state index is 12.6. The average molecular weight is 321 g/mol. The Hall–Kier alpha value is -1.45. The molecule has 112 valence electrons. The summed E-state index contributed by atoms with van der Waals surface area (Å²) in [6.45, 7) is 0. The van der Waals surface area contributed by atoms with E-state index in [0.717, 1.165) is 24.3 Å². The van der Waals surface area contributed by atoms with Crippen molar-refractivity contribution in [2.45, 2.75) is 22.8 Å². The number of thioether (sulfide) groups is 1. The molecule has 10 heteroatoms. The molecule has 0 unspecified atom stereocenters. The molecule has 0 spiro atoms. The third-order valence-electron chi connectivity index (χ3n) is 1.98. The van der Waals surface area contributed by atoms with Crippen LogP contribution in [0.15, 0.2) is 29.2 Å². The van der Waals surface area contributed by atoms with Gasteiger partial charge in [-0.05, 0) is 24.3 Å². The van der Waals surface area contributed by atoms with Gasteiger partial charge in [-0.3, -0.25) is 4.79 Å². The van der Waals surface area contributed by atoms with Crippen LogP contribution >= 0.6 is 11.8 Å². The topological polar surface area (TPSA) is 29.1 Å². The van der Waals surface area contributed by atoms with Crippen molar-refractivity contribution >= 4 is 23.4 Å². The van der Waals surface area contributed by atoms with E-state index in [2.05, 4.69) is 0 Å². The van der Waals surface area contributed by atoms with Gasteiger partial charge in [0.25, 0.3) is 5.76 Å². The van der Waals surface area contributed by atoms with Gasteiger partial charge in [-0.1, -0.05) is 11.8 Å². The number of benzene rings is 1. The summed E-state index contributed by atoms with van der Waals surface area (Å²) in [5, 5.41) is 1.36. The number of alkyl halides is 7. The minimum Gasteiger partial charge on any atom is -0.321 e. The van der Waals surface area contributed by atoms with E-state index in [-0.39, 0.29) is 22.3 Å². The molecule has 0 heterocycles. The van der Waals surface area contributed by atoms with Gasteiger partial charge in [0.1, 0.15) is 0 Å². The zero-order valence-corrected chi connectivity index (χ0v) is 10.2. The highest BCUT2D eigenvalue weighted by atomic mass is 32.2. The molecule has 0 radical (unpaired) electrons. The van der Waals surface area contributed by atoms with Gasteiger partial charge in [-0.2, -0.15) is 30.7 Å². The van der Waals surface area contributed by atoms with Gasteiger partial charge < -0.3 is 5.32 Å². The second-order valence-corrected chi connectivity index (χ2v) is 4.49. The minimum atomic E-state index is -6.01. The number of carbonyl (C=O) groups excluding carboxylic acids is 1. The second-order valence-electron chi connectivity index (χ2n) is 3.43. The molecule has 0 saturated heterocycles. The van der Waals surface area contributed by atoms with Crippen molar-refractivity contribution in [3.05, 3.63) is 24.3 Å². The lowest BCUT2D eigenvalue weighted by Gasteiger charge is -2.18. The van der Waals surface area contributed by atoms with Crippen molar-refractivity contribution in [2.75, 3.05) is 5.32 Å². The first-order valence-electron chi connectivity index (χ1n) is 4.85. The fraction of sp³-hybridized carbons (Fsp3) is 0.300. The largest absolute Gasteiger partial charge is 0.463 e. The van der Waals surface area contributed by atoms with E-state index in [1.165, 1.54) is 5.32 Å². The van der Waals surface area contributed by atoms with Gasteiger partial charge >= 0.3 is 18.0 Å². The van der Waals surface area contributed by atoms with Crippen molar-refractivity contribution in [3.8, 4) is 0 Å². The summed E-state index contributed by atoms with van der Waals surface area (Å²) in [5.74, 6) is -10.8. The second kappa shape index (κ2) is 5.90. The van der Waals surface area contributed by atoms with Gasteiger partial charge in [-0.25, -0.2) is 0 Å². The molecular weight excluding hydrogens is 315 g/mol. The minimum absolute atomic E-state index is 0.0700. The maximum Gasteiger partial charge on any atom is 0.463 e. The quantitative estimate of drug-likeness (QED) is 0.667. The molecule has 0 bridgehead atoms. The highest BCUT2D eigenvalue weighted by Gasteiger charge is 2.63. The molecule has 1 aromatic rings. The fourth-order valence-electron chi connectivity index (χ4n) is 1.06. The average Bonchev–Trinajstić information content (AvgIpc) is 2.29. The first-order valence-corrected chi connectivity index (χ1v) is 5.73. The Bertz CT molecular complexity index is 471. The molecule has 1 aromatic carbocycles. The molecule has 0 aromatic heterocycles. The van der Waals surface area contributed by atoms with Crippen LogP contribution in [0.25, 0.3) is 0 Å². The zero-order chi connectivity index (χ0) is 15.6. The van der Waals surface area contributed by atoms with Gasteiger partial charge in [-0.15, -0.1) is 0 Å². The Morgan fingerprint density at radius 2 is 1.55 bits per heavy atom. The van der Waals surface area contributed by atoms with Gasteiger partial charge in [0.15, 0.2) is 0 Å². The van der Waals surface area contributed by atoms with Crippen LogP contribution in [0.4, 0.5) is 36.4 Å². The highest BCUT2D eigenvalue weighted by molar-refractivity contribution is 7.99. The van der Waals surface area contributed by atoms with Crippen LogP contribution in [0.1, 0.15) is 0 Å². The Labute approximate surface area is 112 Å². The summed E-state index contributed by atoms with van der Waals surface area (Å²) < 4.78 is 84.9. The summed E-state index contributed by atoms with van der Waals surface area (Å²) >= 11 is 0.162. The van der Waals surface area contributed by atoms with Gasteiger partial charge in [0.05, 0.1) is 0 Å². The van der Waals surface area contributed by atoms with Crippen LogP contribution in [0.2, 0.25) is 0 Å². The van der Waals surface area contributed by atoms with E-state index in [0.29, 0.717) is 0 Å². The Morgan fingerprint density at radius 3 is 1.95 bits per heavy atom. The van der Waals surface area contributed by atoms with E-state index in [1.807, 2.05) is 0 Å². The van der Waals surface area contributed by atoms with Crippen molar-refractivity contribution in [1.29, 1.82) is 0 Å². The fourth-order valence-corrected chi connectivity index (χ4v) is 1.56. The molecule has 0 aliphatic carbocycles. The van der Waals surface area contributed by atoms with Crippen molar-refractivity contribution in [1.82, 2.24) is 0 Å². The number of rotatable bonds is 4. The Balaban J connectivity index is 2.77. The van der Waals surface area contributed by atoms with Gasteiger partial charge in [0.2, 0.25) is 0 Å². The summed E-state index contributed by atoms with van der Waals surface area (Å²) in [5.41, 5.74) is -0.363. The van der Waals surface area contributed by atoms with E-state index >= 15 is 0 Å². The van der Waals surface area contributed by atoms with Crippen LogP contribution in [0.3, 0.4) is 0 Å². The lowest BCUT2D eigenvalue weighted by atomic mass is 10.2. The van der Waals surface area contributed by atoms with Crippen LogP contribution < -0.4 is 5.32 Å². The Kier molecular flexibility index (Phi) is 4.90. The normalized spacial score (nSPS) is 12.6. The SMILES string of the molecule is O=C(Nc1ccc(SC(F)F)cc1)C(F)(F)C(F)(F)F. The van der Waals surface area contributed by atoms with Crippen LogP contribution in [0, 0.1) is 0 Å². The van der Waals surface area contributed by atoms with Gasteiger partial charge in [0, 0.05) is 10.6 Å². The number of carbonyl (C=O) groups is 1. The van der Waals surface area contributed by atoms with E-state index in [9.17, 15) is 35.5 Å². The molecular formula is C10H6F7NOS. The lowest BCUT2D eigenvalue weighted by Crippen LogP contribution is -2.47. The molecule has 2 nitrogen and oxygen atoms in total. The standard InChI is InChI=1S/C10H6F7NOS/c11-8(12)20-6-3-1-5(2-4-6)18-7(19)9(13,14)10(15,16)17/h1-4,8H,(H,18,19). The molecule has 1 amide bonds. The summed E-state index contributed by atoms with van der Waals surface area (Å²) in [6, 6.07) is 3.99. The summed E-state index contributed by atoms with van der Waals surface area (Å²) in [7, 11) is 0. The molecule has 0 saturated carbocycles. The predicted molar refractivity (Wildman–Crippen MR) is 57.9 cm³/mol. The van der Waals surface area contributed by atoms with Crippen molar-refractivity contribution in [2.24, 2.45) is 0 Å². The molecule has 1 rings (SSSR count). The van der Waals surface area contributed by atoms with Crippen molar-refractivity contribution < 1.29 is 35.5 Å². The number of anilines is 1. The molecule has 0 aliphatic heterocycles. The molecule has 20 heavy (non-hydrogen) atoms. The van der Waals surface area contributed by atoms with Crippen LogP contribution in [-0.2, 0) is 4.79 Å². The number of halogens is 7. The monoisotopic (exact) mass is 321 g/mol. The molecule has 1 N–H and O–H groups in total.